The number of nitrogens with one attached hydrogen (secondary N) is 1. The van der Waals surface area contributed by atoms with Crippen molar-refractivity contribution in [3.63, 3.8) is 0 Å². The first-order valence-electron chi connectivity index (χ1n) is 7.34. The van der Waals surface area contributed by atoms with Gasteiger partial charge >= 0.3 is 0 Å². The number of carbonyl (C=O) groups excluding carboxylic acids is 1. The van der Waals surface area contributed by atoms with Gasteiger partial charge in [-0.05, 0) is 37.3 Å². The van der Waals surface area contributed by atoms with E-state index in [-0.39, 0.29) is 18.1 Å². The number of hydrogen-bond donors (Lipinski definition) is 1. The maximum absolute atomic E-state index is 12.8. The highest BCUT2D eigenvalue weighted by Crippen LogP contribution is 2.16. The number of benzene rings is 1. The van der Waals surface area contributed by atoms with Crippen molar-refractivity contribution in [1.82, 2.24) is 14.5 Å². The van der Waals surface area contributed by atoms with Crippen LogP contribution in [0.25, 0.3) is 16.7 Å². The first kappa shape index (κ1) is 15.8. The van der Waals surface area contributed by atoms with Gasteiger partial charge in [-0.15, -0.1) is 0 Å². The summed E-state index contributed by atoms with van der Waals surface area (Å²) in [6.07, 6.45) is 1.60. The third kappa shape index (κ3) is 3.02. The average Bonchev–Trinajstić information content (AvgIpc) is 2.55. The highest BCUT2D eigenvalue weighted by atomic mass is 16.5. The van der Waals surface area contributed by atoms with Crippen LogP contribution in [0.15, 0.2) is 47.4 Å². The molecule has 2 aromatic heterocycles. The number of aromatic nitrogens is 3. The molecule has 0 saturated carbocycles. The van der Waals surface area contributed by atoms with Crippen molar-refractivity contribution in [2.45, 2.75) is 6.92 Å². The predicted octanol–water partition coefficient (Wildman–Crippen LogP) is 1.67. The topological polar surface area (TPSA) is 86.1 Å². The Morgan fingerprint density at radius 2 is 2.12 bits per heavy atom. The Labute approximate surface area is 137 Å². The molecule has 7 nitrogen and oxygen atoms in total. The smallest absolute Gasteiger partial charge is 0.267 e. The highest BCUT2D eigenvalue weighted by molar-refractivity contribution is 5.92. The largest absolute Gasteiger partial charge is 0.375 e. The quantitative estimate of drug-likeness (QED) is 0.789. The molecule has 0 aliphatic carbocycles. The van der Waals surface area contributed by atoms with Crippen LogP contribution in [-0.2, 0) is 9.53 Å². The summed E-state index contributed by atoms with van der Waals surface area (Å²) in [7, 11) is 1.45. The molecule has 0 aliphatic rings. The number of nitrogens with zero attached hydrogens (tertiary/aromatic N) is 3. The molecule has 3 aromatic rings. The van der Waals surface area contributed by atoms with E-state index >= 15 is 0 Å². The highest BCUT2D eigenvalue weighted by Gasteiger charge is 2.11. The van der Waals surface area contributed by atoms with Gasteiger partial charge in [0, 0.05) is 19.0 Å². The van der Waals surface area contributed by atoms with Crippen molar-refractivity contribution < 1.29 is 9.53 Å². The van der Waals surface area contributed by atoms with Gasteiger partial charge in [-0.25, -0.2) is 9.97 Å². The Morgan fingerprint density at radius 3 is 2.92 bits per heavy atom. The van der Waals surface area contributed by atoms with Gasteiger partial charge in [0.05, 0.1) is 11.1 Å². The van der Waals surface area contributed by atoms with Crippen molar-refractivity contribution in [2.24, 2.45) is 0 Å². The maximum atomic E-state index is 12.8. The van der Waals surface area contributed by atoms with Crippen LogP contribution in [-0.4, -0.2) is 34.2 Å². The van der Waals surface area contributed by atoms with Gasteiger partial charge < -0.3 is 10.1 Å². The predicted molar refractivity (Wildman–Crippen MR) is 90.4 cm³/mol. The molecule has 122 valence electrons. The zero-order chi connectivity index (χ0) is 17.1. The van der Waals surface area contributed by atoms with Crippen LogP contribution in [0, 0.1) is 6.92 Å². The van der Waals surface area contributed by atoms with Crippen LogP contribution in [0.4, 0.5) is 5.69 Å². The van der Waals surface area contributed by atoms with Crippen molar-refractivity contribution >= 4 is 22.6 Å². The SMILES string of the molecule is COCC(=O)Nc1cccc(-n2c(C)nc3ncccc3c2=O)c1. The van der Waals surface area contributed by atoms with Crippen LogP contribution < -0.4 is 10.9 Å². The number of aryl methyl sites for hydroxylation is 1. The number of pyridine rings is 1. The number of anilines is 1. The second-order valence-corrected chi connectivity index (χ2v) is 5.21. The molecule has 24 heavy (non-hydrogen) atoms. The minimum Gasteiger partial charge on any atom is -0.375 e. The van der Waals surface area contributed by atoms with Crippen molar-refractivity contribution in [1.29, 1.82) is 0 Å². The molecule has 7 heteroatoms. The summed E-state index contributed by atoms with van der Waals surface area (Å²) in [4.78, 5) is 32.9. The summed E-state index contributed by atoms with van der Waals surface area (Å²) < 4.78 is 6.29. The number of carbonyl (C=O) groups is 1. The van der Waals surface area contributed by atoms with E-state index < -0.39 is 0 Å². The first-order chi connectivity index (χ1) is 11.6. The molecule has 0 aliphatic heterocycles. The molecule has 1 aromatic carbocycles. The lowest BCUT2D eigenvalue weighted by Gasteiger charge is -2.12. The summed E-state index contributed by atoms with van der Waals surface area (Å²) in [6, 6.07) is 10.4. The van der Waals surface area contributed by atoms with Gasteiger partial charge in [0.1, 0.15) is 12.4 Å². The first-order valence-corrected chi connectivity index (χ1v) is 7.34. The summed E-state index contributed by atoms with van der Waals surface area (Å²) in [5.41, 5.74) is 1.41. The second-order valence-electron chi connectivity index (χ2n) is 5.21. The van der Waals surface area contributed by atoms with Gasteiger partial charge in [0.15, 0.2) is 5.65 Å². The molecular formula is C17H16N4O3. The molecule has 0 spiro atoms. The Hall–Kier alpha value is -3.06. The third-order valence-corrected chi connectivity index (χ3v) is 3.48. The monoisotopic (exact) mass is 324 g/mol. The zero-order valence-corrected chi connectivity index (χ0v) is 13.3. The van der Waals surface area contributed by atoms with Gasteiger partial charge in [-0.1, -0.05) is 6.07 Å². The van der Waals surface area contributed by atoms with Crippen LogP contribution in [0.1, 0.15) is 5.82 Å². The molecule has 2 heterocycles. The molecule has 0 bridgehead atoms. The van der Waals surface area contributed by atoms with E-state index in [9.17, 15) is 9.59 Å². The molecule has 0 unspecified atom stereocenters. The molecule has 0 saturated heterocycles. The summed E-state index contributed by atoms with van der Waals surface area (Å²) in [5, 5.41) is 3.16. The minimum atomic E-state index is -0.264. The number of rotatable bonds is 4. The molecule has 1 amide bonds. The number of ether oxygens (including phenoxy) is 1. The Bertz CT molecular complexity index is 965. The van der Waals surface area contributed by atoms with E-state index in [1.807, 2.05) is 0 Å². The second kappa shape index (κ2) is 6.59. The molecule has 1 N–H and O–H groups in total. The Kier molecular flexibility index (Phi) is 4.35. The molecule has 0 radical (unpaired) electrons. The summed E-state index contributed by atoms with van der Waals surface area (Å²) in [6.45, 7) is 1.71. The average molecular weight is 324 g/mol. The van der Waals surface area contributed by atoms with Gasteiger partial charge in [0.25, 0.3) is 5.56 Å². The Balaban J connectivity index is 2.08. The molecule has 0 fully saturated rings. The van der Waals surface area contributed by atoms with E-state index in [0.717, 1.165) is 0 Å². The van der Waals surface area contributed by atoms with Gasteiger partial charge in [-0.3, -0.25) is 14.2 Å². The molecule has 3 rings (SSSR count). The van der Waals surface area contributed by atoms with Gasteiger partial charge in [-0.2, -0.15) is 0 Å². The van der Waals surface area contributed by atoms with E-state index in [1.54, 1.807) is 49.5 Å². The number of hydrogen-bond acceptors (Lipinski definition) is 5. The van der Waals surface area contributed by atoms with Gasteiger partial charge in [0.2, 0.25) is 5.91 Å². The Morgan fingerprint density at radius 1 is 1.29 bits per heavy atom. The van der Waals surface area contributed by atoms with Crippen LogP contribution >= 0.6 is 0 Å². The van der Waals surface area contributed by atoms with Crippen molar-refractivity contribution in [2.75, 3.05) is 19.0 Å². The van der Waals surface area contributed by atoms with E-state index in [2.05, 4.69) is 15.3 Å². The lowest BCUT2D eigenvalue weighted by atomic mass is 10.2. The fourth-order valence-electron chi connectivity index (χ4n) is 2.48. The van der Waals surface area contributed by atoms with Crippen molar-refractivity contribution in [3.8, 4) is 5.69 Å². The van der Waals surface area contributed by atoms with E-state index in [0.29, 0.717) is 28.2 Å². The van der Waals surface area contributed by atoms with Crippen LogP contribution in [0.3, 0.4) is 0 Å². The minimum absolute atomic E-state index is 0.0353. The van der Waals surface area contributed by atoms with Crippen LogP contribution in [0.2, 0.25) is 0 Å². The number of methoxy groups -OCH3 is 1. The number of fused-ring (bicyclic) bond motifs is 1. The summed E-state index contributed by atoms with van der Waals surface area (Å²) in [5.74, 6) is 0.256. The lowest BCUT2D eigenvalue weighted by molar-refractivity contribution is -0.119. The summed E-state index contributed by atoms with van der Waals surface area (Å²) >= 11 is 0. The molecular weight excluding hydrogens is 308 g/mol. The van der Waals surface area contributed by atoms with Crippen molar-refractivity contribution in [3.05, 3.63) is 58.8 Å². The van der Waals surface area contributed by atoms with E-state index in [4.69, 9.17) is 4.74 Å². The van der Waals surface area contributed by atoms with Crippen LogP contribution in [0.5, 0.6) is 0 Å². The van der Waals surface area contributed by atoms with E-state index in [1.165, 1.54) is 11.7 Å². The molecule has 0 atom stereocenters. The fourth-order valence-corrected chi connectivity index (χ4v) is 2.48. The normalized spacial score (nSPS) is 10.8. The standard InChI is InChI=1S/C17H16N4O3/c1-11-19-16-14(7-4-8-18-16)17(23)21(11)13-6-3-5-12(9-13)20-15(22)10-24-2/h3-9H,10H2,1-2H3,(H,20,22). The lowest BCUT2D eigenvalue weighted by Crippen LogP contribution is -2.23. The maximum Gasteiger partial charge on any atom is 0.267 e. The fraction of sp³-hybridized carbons (Fsp3) is 0.176. The zero-order valence-electron chi connectivity index (χ0n) is 13.3. The number of amides is 1. The third-order valence-electron chi connectivity index (χ3n) is 3.48.